The fourth-order valence-corrected chi connectivity index (χ4v) is 3.10. The highest BCUT2D eigenvalue weighted by molar-refractivity contribution is 6.31. The highest BCUT2D eigenvalue weighted by Gasteiger charge is 2.34. The van der Waals surface area contributed by atoms with Gasteiger partial charge in [0.05, 0.1) is 17.4 Å². The first-order valence-electron chi connectivity index (χ1n) is 9.76. The first-order chi connectivity index (χ1) is 14.9. The number of benzene rings is 2. The summed E-state index contributed by atoms with van der Waals surface area (Å²) >= 11 is 0. The van der Waals surface area contributed by atoms with Crippen molar-refractivity contribution in [3.05, 3.63) is 83.6 Å². The van der Waals surface area contributed by atoms with Crippen LogP contribution in [0.4, 0.5) is 5.69 Å². The molecule has 0 aliphatic carbocycles. The SMILES string of the molecule is CC(C)OC(=O)c1ccc(-c2ccc(/C=C3/C(=O)NN(c4ccccc4)C3=O)o2)cc1. The van der Waals surface area contributed by atoms with Gasteiger partial charge in [0.25, 0.3) is 11.8 Å². The summed E-state index contributed by atoms with van der Waals surface area (Å²) in [5.41, 5.74) is 4.30. The Bertz CT molecular complexity index is 1160. The standard InChI is InChI=1S/C24H20N2O5/c1-15(2)30-24(29)17-10-8-16(9-11-17)21-13-12-19(31-21)14-20-22(27)25-26(23(20)28)18-6-4-3-5-7-18/h3-15H,1-2H3,(H,25,27)/b20-14-. The molecule has 7 heteroatoms. The van der Waals surface area contributed by atoms with Crippen LogP contribution in [0.2, 0.25) is 0 Å². The van der Waals surface area contributed by atoms with Crippen molar-refractivity contribution in [3.8, 4) is 11.3 Å². The number of rotatable bonds is 5. The number of ether oxygens (including phenoxy) is 1. The molecule has 2 aromatic carbocycles. The zero-order valence-corrected chi connectivity index (χ0v) is 17.0. The van der Waals surface area contributed by atoms with E-state index in [0.29, 0.717) is 22.8 Å². The molecule has 0 radical (unpaired) electrons. The van der Waals surface area contributed by atoms with Crippen molar-refractivity contribution in [2.24, 2.45) is 0 Å². The minimum absolute atomic E-state index is 0.0171. The topological polar surface area (TPSA) is 88.9 Å². The Morgan fingerprint density at radius 2 is 1.71 bits per heavy atom. The van der Waals surface area contributed by atoms with Crippen LogP contribution in [0.5, 0.6) is 0 Å². The Hall–Kier alpha value is -4.13. The second-order valence-corrected chi connectivity index (χ2v) is 7.21. The van der Waals surface area contributed by atoms with Gasteiger partial charge in [0.15, 0.2) is 0 Å². The maximum Gasteiger partial charge on any atom is 0.338 e. The van der Waals surface area contributed by atoms with Crippen molar-refractivity contribution in [2.45, 2.75) is 20.0 Å². The van der Waals surface area contributed by atoms with E-state index in [4.69, 9.17) is 9.15 Å². The van der Waals surface area contributed by atoms with Crippen molar-refractivity contribution in [1.29, 1.82) is 0 Å². The van der Waals surface area contributed by atoms with E-state index >= 15 is 0 Å². The normalized spacial score (nSPS) is 14.9. The molecule has 156 valence electrons. The molecular weight excluding hydrogens is 396 g/mol. The quantitative estimate of drug-likeness (QED) is 0.386. The van der Waals surface area contributed by atoms with Gasteiger partial charge in [-0.2, -0.15) is 0 Å². The maximum absolute atomic E-state index is 12.7. The number of anilines is 1. The Morgan fingerprint density at radius 3 is 2.39 bits per heavy atom. The number of nitrogens with zero attached hydrogens (tertiary/aromatic N) is 1. The van der Waals surface area contributed by atoms with Crippen molar-refractivity contribution in [2.75, 3.05) is 5.01 Å². The van der Waals surface area contributed by atoms with Gasteiger partial charge < -0.3 is 9.15 Å². The Labute approximate surface area is 178 Å². The van der Waals surface area contributed by atoms with E-state index < -0.39 is 11.8 Å². The number of furan rings is 1. The third-order valence-corrected chi connectivity index (χ3v) is 4.57. The van der Waals surface area contributed by atoms with Gasteiger partial charge in [0, 0.05) is 5.56 Å². The first kappa shape index (κ1) is 20.2. The number of carbonyl (C=O) groups is 3. The van der Waals surface area contributed by atoms with Crippen LogP contribution in [0.15, 0.2) is 76.7 Å². The van der Waals surface area contributed by atoms with Crippen LogP contribution < -0.4 is 10.4 Å². The summed E-state index contributed by atoms with van der Waals surface area (Å²) in [7, 11) is 0. The van der Waals surface area contributed by atoms with Crippen molar-refractivity contribution >= 4 is 29.5 Å². The van der Waals surface area contributed by atoms with Crippen molar-refractivity contribution < 1.29 is 23.5 Å². The predicted octanol–water partition coefficient (Wildman–Crippen LogP) is 3.97. The monoisotopic (exact) mass is 416 g/mol. The molecule has 0 spiro atoms. The summed E-state index contributed by atoms with van der Waals surface area (Å²) in [6, 6.07) is 19.1. The second-order valence-electron chi connectivity index (χ2n) is 7.21. The number of esters is 1. The third-order valence-electron chi connectivity index (χ3n) is 4.57. The largest absolute Gasteiger partial charge is 0.459 e. The summed E-state index contributed by atoms with van der Waals surface area (Å²) in [6.07, 6.45) is 1.22. The van der Waals surface area contributed by atoms with Gasteiger partial charge in [-0.1, -0.05) is 30.3 Å². The van der Waals surface area contributed by atoms with E-state index in [2.05, 4.69) is 5.43 Å². The molecule has 1 saturated heterocycles. The van der Waals surface area contributed by atoms with E-state index in [0.717, 1.165) is 5.56 Å². The number of carbonyl (C=O) groups excluding carboxylic acids is 3. The lowest BCUT2D eigenvalue weighted by molar-refractivity contribution is -0.117. The summed E-state index contributed by atoms with van der Waals surface area (Å²) in [4.78, 5) is 36.9. The number of hydrogen-bond acceptors (Lipinski definition) is 5. The molecule has 0 saturated carbocycles. The molecule has 4 rings (SSSR count). The first-order valence-corrected chi connectivity index (χ1v) is 9.76. The molecule has 2 heterocycles. The van der Waals surface area contributed by atoms with E-state index in [1.165, 1.54) is 11.1 Å². The number of amides is 2. The number of nitrogens with one attached hydrogen (secondary N) is 1. The van der Waals surface area contributed by atoms with E-state index in [1.807, 2.05) is 6.07 Å². The van der Waals surface area contributed by atoms with Crippen molar-refractivity contribution in [3.63, 3.8) is 0 Å². The summed E-state index contributed by atoms with van der Waals surface area (Å²) in [5.74, 6) is -0.435. The van der Waals surface area contributed by atoms with Crippen molar-refractivity contribution in [1.82, 2.24) is 5.43 Å². The lowest BCUT2D eigenvalue weighted by atomic mass is 10.1. The minimum Gasteiger partial charge on any atom is -0.459 e. The van der Waals surface area contributed by atoms with Crippen LogP contribution in [-0.4, -0.2) is 23.9 Å². The van der Waals surface area contributed by atoms with E-state index in [-0.39, 0.29) is 17.6 Å². The predicted molar refractivity (Wildman–Crippen MR) is 115 cm³/mol. The molecule has 31 heavy (non-hydrogen) atoms. The van der Waals surface area contributed by atoms with E-state index in [9.17, 15) is 14.4 Å². The van der Waals surface area contributed by atoms with Crippen LogP contribution in [0.1, 0.15) is 30.0 Å². The van der Waals surface area contributed by atoms with Gasteiger partial charge in [-0.25, -0.2) is 9.80 Å². The van der Waals surface area contributed by atoms with E-state index in [1.54, 1.807) is 74.5 Å². The summed E-state index contributed by atoms with van der Waals surface area (Å²) in [6.45, 7) is 3.58. The van der Waals surface area contributed by atoms with Crippen LogP contribution in [0.3, 0.4) is 0 Å². The summed E-state index contributed by atoms with van der Waals surface area (Å²) in [5, 5.41) is 1.20. The number of para-hydroxylation sites is 1. The number of hydrazine groups is 1. The second kappa shape index (κ2) is 8.31. The third kappa shape index (κ3) is 4.25. The lowest BCUT2D eigenvalue weighted by Crippen LogP contribution is -2.35. The molecular formula is C24H20N2O5. The highest BCUT2D eigenvalue weighted by Crippen LogP contribution is 2.26. The van der Waals surface area contributed by atoms with Gasteiger partial charge in [-0.15, -0.1) is 0 Å². The number of hydrogen-bond donors (Lipinski definition) is 1. The average molecular weight is 416 g/mol. The van der Waals surface area contributed by atoms with Crippen LogP contribution in [0, 0.1) is 0 Å². The minimum atomic E-state index is -0.500. The zero-order valence-electron chi connectivity index (χ0n) is 17.0. The van der Waals surface area contributed by atoms with Gasteiger partial charge in [-0.05, 0) is 56.3 Å². The molecule has 1 aromatic heterocycles. The zero-order chi connectivity index (χ0) is 22.0. The Kier molecular flexibility index (Phi) is 5.41. The average Bonchev–Trinajstić information content (AvgIpc) is 3.34. The Morgan fingerprint density at radius 1 is 1.00 bits per heavy atom. The fraction of sp³-hybridized carbons (Fsp3) is 0.125. The molecule has 1 fully saturated rings. The van der Waals surface area contributed by atoms with Gasteiger partial charge in [-0.3, -0.25) is 15.0 Å². The molecule has 0 bridgehead atoms. The smallest absolute Gasteiger partial charge is 0.338 e. The van der Waals surface area contributed by atoms with Gasteiger partial charge in [0.2, 0.25) is 0 Å². The molecule has 1 N–H and O–H groups in total. The van der Waals surface area contributed by atoms with Gasteiger partial charge in [0.1, 0.15) is 17.1 Å². The molecule has 3 aromatic rings. The molecule has 1 aliphatic rings. The lowest BCUT2D eigenvalue weighted by Gasteiger charge is -2.13. The van der Waals surface area contributed by atoms with Crippen LogP contribution >= 0.6 is 0 Å². The highest BCUT2D eigenvalue weighted by atomic mass is 16.5. The molecule has 0 atom stereocenters. The maximum atomic E-state index is 12.7. The fourth-order valence-electron chi connectivity index (χ4n) is 3.10. The Balaban J connectivity index is 1.52. The molecule has 7 nitrogen and oxygen atoms in total. The molecule has 1 aliphatic heterocycles. The van der Waals surface area contributed by atoms with Gasteiger partial charge >= 0.3 is 5.97 Å². The van der Waals surface area contributed by atoms with Crippen LogP contribution in [0.25, 0.3) is 17.4 Å². The molecule has 0 unspecified atom stereocenters. The summed E-state index contributed by atoms with van der Waals surface area (Å²) < 4.78 is 11.0. The van der Waals surface area contributed by atoms with Crippen LogP contribution in [-0.2, 0) is 14.3 Å². The molecule has 2 amide bonds.